The van der Waals surface area contributed by atoms with Crippen molar-refractivity contribution in [1.29, 1.82) is 0 Å². The lowest BCUT2D eigenvalue weighted by atomic mass is 10.1. The van der Waals surface area contributed by atoms with Gasteiger partial charge in [-0.25, -0.2) is 8.78 Å². The van der Waals surface area contributed by atoms with Crippen LogP contribution in [-0.4, -0.2) is 5.54 Å². The maximum absolute atomic E-state index is 13.0. The van der Waals surface area contributed by atoms with Gasteiger partial charge >= 0.3 is 0 Å². The molecule has 1 nitrogen and oxygen atoms in total. The van der Waals surface area contributed by atoms with Gasteiger partial charge in [0.2, 0.25) is 0 Å². The van der Waals surface area contributed by atoms with Gasteiger partial charge in [0.05, 0.1) is 11.1 Å². The van der Waals surface area contributed by atoms with Crippen LogP contribution in [0.5, 0.6) is 0 Å². The Labute approximate surface area is 81.9 Å². The molecule has 3 heteroatoms. The second-order valence-corrected chi connectivity index (χ2v) is 3.60. The highest BCUT2D eigenvalue weighted by Gasteiger charge is 2.05. The van der Waals surface area contributed by atoms with Crippen molar-refractivity contribution >= 4 is 0 Å². The first-order valence-corrected chi connectivity index (χ1v) is 4.15. The number of benzene rings is 1. The topological polar surface area (TPSA) is 26.0 Å². The number of nitrogens with two attached hydrogens (primary N) is 1. The van der Waals surface area contributed by atoms with Gasteiger partial charge in [-0.3, -0.25) is 0 Å². The molecule has 1 aromatic rings. The van der Waals surface area contributed by atoms with E-state index >= 15 is 0 Å². The van der Waals surface area contributed by atoms with Crippen LogP contribution < -0.4 is 5.73 Å². The lowest BCUT2D eigenvalue weighted by Gasteiger charge is -2.07. The van der Waals surface area contributed by atoms with Crippen LogP contribution in [-0.2, 0) is 0 Å². The number of rotatable bonds is 0. The quantitative estimate of drug-likeness (QED) is 0.630. The third kappa shape index (κ3) is 3.15. The molecular formula is C11H11F2N. The fourth-order valence-corrected chi connectivity index (χ4v) is 0.822. The van der Waals surface area contributed by atoms with Gasteiger partial charge in [-0.05, 0) is 32.0 Å². The molecule has 0 saturated heterocycles. The smallest absolute Gasteiger partial charge is 0.139 e. The summed E-state index contributed by atoms with van der Waals surface area (Å²) in [5.41, 5.74) is 4.90. The number of halogens is 2. The number of hydrogen-bond donors (Lipinski definition) is 1. The summed E-state index contributed by atoms with van der Waals surface area (Å²) in [4.78, 5) is 0. The predicted octanol–water partition coefficient (Wildman–Crippen LogP) is 2.05. The molecule has 74 valence electrons. The van der Waals surface area contributed by atoms with Gasteiger partial charge in [0.25, 0.3) is 0 Å². The minimum Gasteiger partial charge on any atom is -0.316 e. The molecule has 0 heterocycles. The Morgan fingerprint density at radius 3 is 2.50 bits per heavy atom. The highest BCUT2D eigenvalue weighted by molar-refractivity contribution is 5.37. The fraction of sp³-hybridized carbons (Fsp3) is 0.273. The van der Waals surface area contributed by atoms with Crippen LogP contribution in [0.1, 0.15) is 19.4 Å². The molecule has 0 spiro atoms. The second-order valence-electron chi connectivity index (χ2n) is 3.60. The van der Waals surface area contributed by atoms with Crippen molar-refractivity contribution in [2.75, 3.05) is 0 Å². The summed E-state index contributed by atoms with van der Waals surface area (Å²) < 4.78 is 25.7. The van der Waals surface area contributed by atoms with Crippen molar-refractivity contribution in [1.82, 2.24) is 0 Å². The first kappa shape index (κ1) is 10.7. The fourth-order valence-electron chi connectivity index (χ4n) is 0.822. The lowest BCUT2D eigenvalue weighted by Crippen LogP contribution is -2.29. The summed E-state index contributed by atoms with van der Waals surface area (Å²) in [7, 11) is 0. The molecule has 0 amide bonds. The summed E-state index contributed by atoms with van der Waals surface area (Å²) in [6.07, 6.45) is 0. The van der Waals surface area contributed by atoms with Crippen molar-refractivity contribution in [3.05, 3.63) is 35.4 Å². The van der Waals surface area contributed by atoms with E-state index in [-0.39, 0.29) is 5.56 Å². The van der Waals surface area contributed by atoms with E-state index in [9.17, 15) is 8.78 Å². The molecule has 0 aliphatic rings. The molecule has 1 aromatic carbocycles. The Balaban J connectivity index is 3.06. The SMILES string of the molecule is CC(C)(N)C#Cc1cc(F)ccc1F. The first-order chi connectivity index (χ1) is 6.38. The molecular weight excluding hydrogens is 184 g/mol. The Morgan fingerprint density at radius 2 is 1.93 bits per heavy atom. The first-order valence-electron chi connectivity index (χ1n) is 4.15. The zero-order chi connectivity index (χ0) is 10.8. The molecule has 0 aliphatic heterocycles. The van der Waals surface area contributed by atoms with E-state index < -0.39 is 17.2 Å². The van der Waals surface area contributed by atoms with Crippen molar-refractivity contribution in [3.8, 4) is 11.8 Å². The Morgan fingerprint density at radius 1 is 1.29 bits per heavy atom. The van der Waals surface area contributed by atoms with Gasteiger partial charge in [-0.2, -0.15) is 0 Å². The maximum atomic E-state index is 13.0. The Hall–Kier alpha value is -1.40. The summed E-state index contributed by atoms with van der Waals surface area (Å²) in [6, 6.07) is 3.14. The monoisotopic (exact) mass is 195 g/mol. The lowest BCUT2D eigenvalue weighted by molar-refractivity contribution is 0.597. The van der Waals surface area contributed by atoms with Crippen LogP contribution in [0, 0.1) is 23.5 Å². The van der Waals surface area contributed by atoms with Crippen LogP contribution >= 0.6 is 0 Å². The molecule has 2 N–H and O–H groups in total. The summed E-state index contributed by atoms with van der Waals surface area (Å²) in [5.74, 6) is 4.08. The van der Waals surface area contributed by atoms with Crippen molar-refractivity contribution in [3.63, 3.8) is 0 Å². The summed E-state index contributed by atoms with van der Waals surface area (Å²) >= 11 is 0. The maximum Gasteiger partial charge on any atom is 0.139 e. The van der Waals surface area contributed by atoms with Gasteiger partial charge in [-0.15, -0.1) is 0 Å². The van der Waals surface area contributed by atoms with Crippen molar-refractivity contribution in [2.24, 2.45) is 5.73 Å². The third-order valence-electron chi connectivity index (χ3n) is 1.45. The van der Waals surface area contributed by atoms with Gasteiger partial charge in [0, 0.05) is 0 Å². The zero-order valence-corrected chi connectivity index (χ0v) is 8.07. The summed E-state index contributed by atoms with van der Waals surface area (Å²) in [6.45, 7) is 3.38. The van der Waals surface area contributed by atoms with Crippen molar-refractivity contribution in [2.45, 2.75) is 19.4 Å². The molecule has 0 aromatic heterocycles. The normalized spacial score (nSPS) is 10.6. The van der Waals surface area contributed by atoms with E-state index in [4.69, 9.17) is 5.73 Å². The minimum absolute atomic E-state index is 0.0310. The molecule has 14 heavy (non-hydrogen) atoms. The van der Waals surface area contributed by atoms with Gasteiger partial charge < -0.3 is 5.73 Å². The molecule has 0 atom stereocenters. The van der Waals surface area contributed by atoms with Crippen LogP contribution in [0.3, 0.4) is 0 Å². The van der Waals surface area contributed by atoms with E-state index in [1.54, 1.807) is 13.8 Å². The third-order valence-corrected chi connectivity index (χ3v) is 1.45. The highest BCUT2D eigenvalue weighted by Crippen LogP contribution is 2.08. The molecule has 0 radical (unpaired) electrons. The zero-order valence-electron chi connectivity index (χ0n) is 8.07. The van der Waals surface area contributed by atoms with Crippen LogP contribution in [0.25, 0.3) is 0 Å². The Bertz CT molecular complexity index is 394. The average molecular weight is 195 g/mol. The molecule has 1 rings (SSSR count). The predicted molar refractivity (Wildman–Crippen MR) is 51.5 cm³/mol. The average Bonchev–Trinajstić information content (AvgIpc) is 2.05. The van der Waals surface area contributed by atoms with Crippen molar-refractivity contribution < 1.29 is 8.78 Å². The molecule has 0 unspecified atom stereocenters. The van der Waals surface area contributed by atoms with E-state index in [0.717, 1.165) is 18.2 Å². The second kappa shape index (κ2) is 3.77. The van der Waals surface area contributed by atoms with Crippen LogP contribution in [0.4, 0.5) is 8.78 Å². The molecule has 0 bridgehead atoms. The van der Waals surface area contributed by atoms with Gasteiger partial charge in [0.1, 0.15) is 11.6 Å². The van der Waals surface area contributed by atoms with E-state index in [1.165, 1.54) is 0 Å². The van der Waals surface area contributed by atoms with Gasteiger partial charge in [0.15, 0.2) is 0 Å². The molecule has 0 fully saturated rings. The van der Waals surface area contributed by atoms with E-state index in [2.05, 4.69) is 11.8 Å². The summed E-state index contributed by atoms with van der Waals surface area (Å²) in [5, 5.41) is 0. The highest BCUT2D eigenvalue weighted by atomic mass is 19.1. The standard InChI is InChI=1S/C11H11F2N/c1-11(2,14)6-5-8-7-9(12)3-4-10(8)13/h3-4,7H,14H2,1-2H3. The minimum atomic E-state index is -0.710. The molecule has 0 saturated carbocycles. The Kier molecular flexibility index (Phi) is 2.87. The van der Waals surface area contributed by atoms with E-state index in [0.29, 0.717) is 0 Å². The van der Waals surface area contributed by atoms with Crippen LogP contribution in [0.15, 0.2) is 18.2 Å². The van der Waals surface area contributed by atoms with Crippen LogP contribution in [0.2, 0.25) is 0 Å². The van der Waals surface area contributed by atoms with Gasteiger partial charge in [-0.1, -0.05) is 11.8 Å². The van der Waals surface area contributed by atoms with E-state index in [1.807, 2.05) is 0 Å². The molecule has 0 aliphatic carbocycles. The number of hydrogen-bond acceptors (Lipinski definition) is 1. The largest absolute Gasteiger partial charge is 0.316 e.